The van der Waals surface area contributed by atoms with Gasteiger partial charge in [0.15, 0.2) is 0 Å². The van der Waals surface area contributed by atoms with Gasteiger partial charge in [0.2, 0.25) is 0 Å². The highest BCUT2D eigenvalue weighted by Crippen LogP contribution is 2.40. The fourth-order valence-electron chi connectivity index (χ4n) is 3.95. The first-order chi connectivity index (χ1) is 13.7. The average molecular weight is 413 g/mol. The third-order valence-electron chi connectivity index (χ3n) is 5.44. The molecule has 3 heterocycles. The molecule has 0 saturated carbocycles. The molecule has 146 valence electrons. The molecule has 2 atom stereocenters. The van der Waals surface area contributed by atoms with Gasteiger partial charge in [-0.3, -0.25) is 5.32 Å². The molecule has 5 nitrogen and oxygen atoms in total. The Morgan fingerprint density at radius 3 is 2.89 bits per heavy atom. The molecule has 2 aliphatic rings. The summed E-state index contributed by atoms with van der Waals surface area (Å²) in [6, 6.07) is 8.56. The molecule has 5 rings (SSSR count). The largest absolute Gasteiger partial charge is 0.378 e. The maximum Gasteiger partial charge on any atom is 0.134 e. The van der Waals surface area contributed by atoms with Crippen molar-refractivity contribution in [3.63, 3.8) is 0 Å². The highest BCUT2D eigenvalue weighted by molar-refractivity contribution is 7.99. The molecule has 0 spiro atoms. The van der Waals surface area contributed by atoms with Crippen LogP contribution in [0.4, 0.5) is 5.69 Å². The van der Waals surface area contributed by atoms with Crippen LogP contribution in [-0.2, 0) is 17.6 Å². The Bertz CT molecular complexity index is 986. The first-order valence-corrected chi connectivity index (χ1v) is 11.5. The molecule has 28 heavy (non-hydrogen) atoms. The SMILES string of the molecule is CN(C)c1ccc([C@@H]2NC[C@H](CSc3ncnc4sc5c(c34)CCC5)O2)cc1. The number of thioether (sulfide) groups is 1. The monoisotopic (exact) mass is 412 g/mol. The second-order valence-corrected chi connectivity index (χ2v) is 9.65. The predicted molar refractivity (Wildman–Crippen MR) is 117 cm³/mol. The number of anilines is 1. The lowest BCUT2D eigenvalue weighted by Gasteiger charge is -2.16. The van der Waals surface area contributed by atoms with Gasteiger partial charge in [-0.05, 0) is 42.5 Å². The van der Waals surface area contributed by atoms with E-state index in [1.54, 1.807) is 18.1 Å². The van der Waals surface area contributed by atoms with E-state index >= 15 is 0 Å². The van der Waals surface area contributed by atoms with Gasteiger partial charge in [-0.2, -0.15) is 0 Å². The van der Waals surface area contributed by atoms with Gasteiger partial charge in [-0.15, -0.1) is 23.1 Å². The van der Waals surface area contributed by atoms with Crippen molar-refractivity contribution in [3.05, 3.63) is 46.6 Å². The summed E-state index contributed by atoms with van der Waals surface area (Å²) in [6.45, 7) is 0.864. The fraction of sp³-hybridized carbons (Fsp3) is 0.429. The van der Waals surface area contributed by atoms with E-state index < -0.39 is 0 Å². The Balaban J connectivity index is 1.25. The van der Waals surface area contributed by atoms with E-state index in [1.807, 2.05) is 11.3 Å². The first kappa shape index (κ1) is 18.4. The standard InChI is InChI=1S/C21H24N4OS2/c1-25(2)14-8-6-13(7-9-14)19-22-10-15(26-19)11-27-20-18-16-4-3-5-17(16)28-21(18)24-12-23-20/h6-9,12,15,19,22H,3-5,10-11H2,1-2H3/t15-,19-/m1/s1. The zero-order valence-corrected chi connectivity index (χ0v) is 17.8. The maximum atomic E-state index is 6.27. The lowest BCUT2D eigenvalue weighted by molar-refractivity contribution is 0.0535. The van der Waals surface area contributed by atoms with E-state index in [0.29, 0.717) is 0 Å². The highest BCUT2D eigenvalue weighted by Gasteiger charge is 2.27. The van der Waals surface area contributed by atoms with Crippen LogP contribution in [0.5, 0.6) is 0 Å². The van der Waals surface area contributed by atoms with E-state index in [1.165, 1.54) is 46.3 Å². The summed E-state index contributed by atoms with van der Waals surface area (Å²) in [6.07, 6.45) is 5.49. The molecule has 0 radical (unpaired) electrons. The number of thiophene rings is 1. The molecule has 1 saturated heterocycles. The fourth-order valence-corrected chi connectivity index (χ4v) is 6.27. The third-order valence-corrected chi connectivity index (χ3v) is 7.77. The van der Waals surface area contributed by atoms with Gasteiger partial charge in [0.25, 0.3) is 0 Å². The first-order valence-electron chi connectivity index (χ1n) is 9.73. The third kappa shape index (κ3) is 3.41. The molecule has 3 aromatic rings. The van der Waals surface area contributed by atoms with Crippen LogP contribution in [0.1, 0.15) is 28.7 Å². The van der Waals surface area contributed by atoms with Gasteiger partial charge in [-0.25, -0.2) is 9.97 Å². The quantitative estimate of drug-likeness (QED) is 0.504. The van der Waals surface area contributed by atoms with E-state index in [4.69, 9.17) is 4.74 Å². The summed E-state index contributed by atoms with van der Waals surface area (Å²) >= 11 is 3.65. The highest BCUT2D eigenvalue weighted by atomic mass is 32.2. The molecule has 0 unspecified atom stereocenters. The second-order valence-electron chi connectivity index (χ2n) is 7.56. The van der Waals surface area contributed by atoms with Gasteiger partial charge < -0.3 is 9.64 Å². The number of hydrogen-bond acceptors (Lipinski definition) is 7. The molecule has 1 fully saturated rings. The van der Waals surface area contributed by atoms with Crippen LogP contribution in [0.15, 0.2) is 35.6 Å². The Morgan fingerprint density at radius 1 is 1.21 bits per heavy atom. The van der Waals surface area contributed by atoms with Crippen molar-refractivity contribution in [2.24, 2.45) is 0 Å². The van der Waals surface area contributed by atoms with E-state index in [2.05, 4.69) is 58.5 Å². The van der Waals surface area contributed by atoms with E-state index in [-0.39, 0.29) is 12.3 Å². The number of nitrogens with zero attached hydrogens (tertiary/aromatic N) is 3. The van der Waals surface area contributed by atoms with Crippen molar-refractivity contribution < 1.29 is 4.74 Å². The second kappa shape index (κ2) is 7.63. The number of benzene rings is 1. The molecule has 1 N–H and O–H groups in total. The lowest BCUT2D eigenvalue weighted by atomic mass is 10.2. The van der Waals surface area contributed by atoms with Gasteiger partial charge in [0.1, 0.15) is 22.4 Å². The van der Waals surface area contributed by atoms with E-state index in [0.717, 1.165) is 22.2 Å². The Labute approximate surface area is 173 Å². The van der Waals surface area contributed by atoms with Crippen LogP contribution in [0.3, 0.4) is 0 Å². The van der Waals surface area contributed by atoms with Gasteiger partial charge in [0.05, 0.1) is 6.10 Å². The summed E-state index contributed by atoms with van der Waals surface area (Å²) in [5.74, 6) is 0.899. The summed E-state index contributed by atoms with van der Waals surface area (Å²) < 4.78 is 6.27. The van der Waals surface area contributed by atoms with Crippen molar-refractivity contribution in [1.29, 1.82) is 0 Å². The Hall–Kier alpha value is -1.67. The number of rotatable bonds is 5. The number of fused-ring (bicyclic) bond motifs is 3. The minimum atomic E-state index is -0.0300. The smallest absolute Gasteiger partial charge is 0.134 e. The number of ether oxygens (including phenoxy) is 1. The molecule has 7 heteroatoms. The van der Waals surface area contributed by atoms with Crippen LogP contribution in [0, 0.1) is 0 Å². The van der Waals surface area contributed by atoms with Crippen LogP contribution < -0.4 is 10.2 Å². The zero-order valence-electron chi connectivity index (χ0n) is 16.1. The molecule has 2 aromatic heterocycles. The molecular weight excluding hydrogens is 388 g/mol. The van der Waals surface area contributed by atoms with Crippen molar-refractivity contribution in [1.82, 2.24) is 15.3 Å². The van der Waals surface area contributed by atoms with E-state index in [9.17, 15) is 0 Å². The lowest BCUT2D eigenvalue weighted by Crippen LogP contribution is -2.17. The summed E-state index contributed by atoms with van der Waals surface area (Å²) in [4.78, 5) is 13.9. The van der Waals surface area contributed by atoms with Crippen molar-refractivity contribution in [2.75, 3.05) is 31.3 Å². The molecule has 1 aromatic carbocycles. The molecule has 0 amide bonds. The minimum Gasteiger partial charge on any atom is -0.378 e. The number of aryl methyl sites for hydroxylation is 2. The average Bonchev–Trinajstić information content (AvgIpc) is 3.42. The predicted octanol–water partition coefficient (Wildman–Crippen LogP) is 4.03. The van der Waals surface area contributed by atoms with Crippen molar-refractivity contribution in [2.45, 2.75) is 36.6 Å². The zero-order chi connectivity index (χ0) is 19.1. The normalized spacial score (nSPS) is 21.4. The number of hydrogen-bond donors (Lipinski definition) is 1. The van der Waals surface area contributed by atoms with Crippen LogP contribution in [0.2, 0.25) is 0 Å². The summed E-state index contributed by atoms with van der Waals surface area (Å²) in [7, 11) is 4.11. The van der Waals surface area contributed by atoms with Crippen molar-refractivity contribution >= 4 is 39.0 Å². The number of nitrogens with one attached hydrogen (secondary N) is 1. The number of aromatic nitrogens is 2. The molecular formula is C21H24N4OS2. The molecule has 1 aliphatic heterocycles. The Morgan fingerprint density at radius 2 is 2.07 bits per heavy atom. The summed E-state index contributed by atoms with van der Waals surface area (Å²) in [5.41, 5.74) is 3.87. The molecule has 0 bridgehead atoms. The Kier molecular flexibility index (Phi) is 5.00. The van der Waals surface area contributed by atoms with Crippen LogP contribution in [-0.4, -0.2) is 42.5 Å². The topological polar surface area (TPSA) is 50.3 Å². The van der Waals surface area contributed by atoms with Crippen LogP contribution >= 0.6 is 23.1 Å². The van der Waals surface area contributed by atoms with Gasteiger partial charge in [-0.1, -0.05) is 12.1 Å². The van der Waals surface area contributed by atoms with Gasteiger partial charge in [0, 0.05) is 42.3 Å². The minimum absolute atomic E-state index is 0.0300. The molecule has 1 aliphatic carbocycles. The van der Waals surface area contributed by atoms with Crippen molar-refractivity contribution in [3.8, 4) is 0 Å². The summed E-state index contributed by atoms with van der Waals surface area (Å²) in [5, 5.41) is 5.92. The maximum absolute atomic E-state index is 6.27. The van der Waals surface area contributed by atoms with Gasteiger partial charge >= 0.3 is 0 Å². The van der Waals surface area contributed by atoms with Crippen LogP contribution in [0.25, 0.3) is 10.2 Å².